The molecule has 0 aliphatic heterocycles. The summed E-state index contributed by atoms with van der Waals surface area (Å²) in [5, 5.41) is 0.388. The molecule has 0 saturated heterocycles. The molecule has 0 saturated carbocycles. The molecule has 5 heteroatoms. The average molecular weight is 357 g/mol. The zero-order valence-corrected chi connectivity index (χ0v) is 14.5. The maximum atomic E-state index is 12.6. The van der Waals surface area contributed by atoms with E-state index in [1.165, 1.54) is 13.2 Å². The van der Waals surface area contributed by atoms with Gasteiger partial charge in [0.1, 0.15) is 5.75 Å². The van der Waals surface area contributed by atoms with E-state index in [2.05, 4.69) is 0 Å². The summed E-state index contributed by atoms with van der Waals surface area (Å²) >= 11 is 5.94. The number of Topliss-reactive ketones (excluding diaryl/α,β-unsaturated/α-hetero) is 3. The van der Waals surface area contributed by atoms with Crippen molar-refractivity contribution in [1.82, 2.24) is 0 Å². The first-order chi connectivity index (χ1) is 12.0. The summed E-state index contributed by atoms with van der Waals surface area (Å²) in [7, 11) is 1.45. The Morgan fingerprint density at radius 1 is 1.20 bits per heavy atom. The Balaban J connectivity index is 1.78. The third-order valence-corrected chi connectivity index (χ3v) is 4.72. The van der Waals surface area contributed by atoms with Gasteiger partial charge in [-0.2, -0.15) is 0 Å². The number of ketones is 3. The molecule has 0 aromatic heterocycles. The smallest absolute Gasteiger partial charge is 0.174 e. The molecule has 0 N–H and O–H groups in total. The van der Waals surface area contributed by atoms with Gasteiger partial charge in [0.15, 0.2) is 17.3 Å². The van der Waals surface area contributed by atoms with E-state index in [0.717, 1.165) is 5.56 Å². The number of halogens is 1. The highest BCUT2D eigenvalue weighted by Gasteiger charge is 2.33. The van der Waals surface area contributed by atoms with Crippen LogP contribution < -0.4 is 4.74 Å². The molecule has 25 heavy (non-hydrogen) atoms. The Morgan fingerprint density at radius 2 is 1.96 bits per heavy atom. The second kappa shape index (κ2) is 7.19. The molecule has 0 heterocycles. The van der Waals surface area contributed by atoms with Crippen molar-refractivity contribution < 1.29 is 19.1 Å². The van der Waals surface area contributed by atoms with Gasteiger partial charge in [0.05, 0.1) is 25.0 Å². The quantitative estimate of drug-likeness (QED) is 0.601. The molecule has 4 nitrogen and oxygen atoms in total. The third-order valence-electron chi connectivity index (χ3n) is 4.49. The zero-order valence-electron chi connectivity index (χ0n) is 13.8. The average Bonchev–Trinajstić information content (AvgIpc) is 2.62. The highest BCUT2D eigenvalue weighted by molar-refractivity contribution is 6.31. The highest BCUT2D eigenvalue weighted by atomic mass is 35.5. The number of aryl methyl sites for hydroxylation is 1. The van der Waals surface area contributed by atoms with Gasteiger partial charge in [-0.05, 0) is 36.6 Å². The molecule has 1 unspecified atom stereocenters. The number of rotatable bonds is 5. The van der Waals surface area contributed by atoms with Gasteiger partial charge in [0, 0.05) is 10.6 Å². The van der Waals surface area contributed by atoms with Crippen LogP contribution in [0.25, 0.3) is 0 Å². The predicted molar refractivity (Wildman–Crippen MR) is 94.5 cm³/mol. The topological polar surface area (TPSA) is 60.4 Å². The van der Waals surface area contributed by atoms with Crippen molar-refractivity contribution in [3.63, 3.8) is 0 Å². The van der Waals surface area contributed by atoms with Crippen molar-refractivity contribution in [2.45, 2.75) is 19.3 Å². The van der Waals surface area contributed by atoms with E-state index in [1.807, 2.05) is 12.1 Å². The number of carbonyl (C=O) groups excluding carboxylic acids is 3. The Labute approximate surface area is 150 Å². The Morgan fingerprint density at radius 3 is 2.72 bits per heavy atom. The summed E-state index contributed by atoms with van der Waals surface area (Å²) in [5.41, 5.74) is 1.80. The summed E-state index contributed by atoms with van der Waals surface area (Å²) in [5.74, 6) is -1.34. The summed E-state index contributed by atoms with van der Waals surface area (Å²) in [6.07, 6.45) is 0.761. The minimum Gasteiger partial charge on any atom is -0.496 e. The summed E-state index contributed by atoms with van der Waals surface area (Å²) in [4.78, 5) is 37.7. The molecule has 0 amide bonds. The molecule has 3 rings (SSSR count). The number of hydrogen-bond donors (Lipinski definition) is 0. The monoisotopic (exact) mass is 356 g/mol. The van der Waals surface area contributed by atoms with Crippen molar-refractivity contribution in [3.8, 4) is 5.75 Å². The Kier molecular flexibility index (Phi) is 5.00. The summed E-state index contributed by atoms with van der Waals surface area (Å²) < 4.78 is 5.16. The van der Waals surface area contributed by atoms with E-state index in [1.54, 1.807) is 24.3 Å². The van der Waals surface area contributed by atoms with Crippen molar-refractivity contribution in [2.24, 2.45) is 5.92 Å². The molecule has 1 aliphatic rings. The van der Waals surface area contributed by atoms with Crippen molar-refractivity contribution in [2.75, 3.05) is 7.11 Å². The number of hydrogen-bond acceptors (Lipinski definition) is 4. The van der Waals surface area contributed by atoms with Crippen molar-refractivity contribution in [1.29, 1.82) is 0 Å². The van der Waals surface area contributed by atoms with E-state index in [-0.39, 0.29) is 23.6 Å². The Bertz CT molecular complexity index is 857. The summed E-state index contributed by atoms with van der Waals surface area (Å²) in [6.45, 7) is 0. The first-order valence-electron chi connectivity index (χ1n) is 8.03. The van der Waals surface area contributed by atoms with Gasteiger partial charge in [-0.3, -0.25) is 14.4 Å². The van der Waals surface area contributed by atoms with Crippen LogP contribution in [0.4, 0.5) is 0 Å². The van der Waals surface area contributed by atoms with Gasteiger partial charge in [-0.15, -0.1) is 0 Å². The second-order valence-corrected chi connectivity index (χ2v) is 6.46. The standard InChI is InChI=1S/C20H17ClO4/c1-25-19-9-7-13(21)10-16(19)18(23)11-17(22)15-8-6-12-4-2-3-5-14(12)20(15)24/h2-5,7,9-10,15H,6,8,11H2,1H3. The number of carbonyl (C=O) groups is 3. The highest BCUT2D eigenvalue weighted by Crippen LogP contribution is 2.29. The molecule has 2 aromatic carbocycles. The molecular weight excluding hydrogens is 340 g/mol. The predicted octanol–water partition coefficient (Wildman–Crippen LogP) is 3.94. The van der Waals surface area contributed by atoms with Crippen LogP contribution in [0.2, 0.25) is 5.02 Å². The van der Waals surface area contributed by atoms with Crippen LogP contribution >= 0.6 is 11.6 Å². The molecule has 128 valence electrons. The van der Waals surface area contributed by atoms with Gasteiger partial charge >= 0.3 is 0 Å². The zero-order chi connectivity index (χ0) is 18.0. The fourth-order valence-electron chi connectivity index (χ4n) is 3.18. The van der Waals surface area contributed by atoms with E-state index >= 15 is 0 Å². The lowest BCUT2D eigenvalue weighted by Crippen LogP contribution is -2.30. The van der Waals surface area contributed by atoms with E-state index in [0.29, 0.717) is 29.2 Å². The number of ether oxygens (including phenoxy) is 1. The van der Waals surface area contributed by atoms with Crippen molar-refractivity contribution in [3.05, 3.63) is 64.2 Å². The van der Waals surface area contributed by atoms with Gasteiger partial charge in [0.25, 0.3) is 0 Å². The van der Waals surface area contributed by atoms with Gasteiger partial charge < -0.3 is 4.74 Å². The molecule has 1 aliphatic carbocycles. The fourth-order valence-corrected chi connectivity index (χ4v) is 3.35. The molecule has 0 spiro atoms. The molecular formula is C20H17ClO4. The van der Waals surface area contributed by atoms with Crippen LogP contribution in [0.15, 0.2) is 42.5 Å². The number of fused-ring (bicyclic) bond motifs is 1. The molecule has 1 atom stereocenters. The first kappa shape index (κ1) is 17.4. The van der Waals surface area contributed by atoms with E-state index in [4.69, 9.17) is 16.3 Å². The summed E-state index contributed by atoms with van der Waals surface area (Å²) in [6, 6.07) is 12.0. The van der Waals surface area contributed by atoms with Crippen molar-refractivity contribution >= 4 is 29.0 Å². The largest absolute Gasteiger partial charge is 0.496 e. The van der Waals surface area contributed by atoms with Gasteiger partial charge in [0.2, 0.25) is 0 Å². The van der Waals surface area contributed by atoms with E-state index < -0.39 is 11.7 Å². The normalized spacial score (nSPS) is 16.2. The lowest BCUT2D eigenvalue weighted by Gasteiger charge is -2.22. The fraction of sp³-hybridized carbons (Fsp3) is 0.250. The maximum absolute atomic E-state index is 12.6. The number of benzene rings is 2. The van der Waals surface area contributed by atoms with Gasteiger partial charge in [-0.25, -0.2) is 0 Å². The molecule has 0 bridgehead atoms. The maximum Gasteiger partial charge on any atom is 0.174 e. The minimum absolute atomic E-state index is 0.197. The van der Waals surface area contributed by atoms with Crippen LogP contribution in [0.5, 0.6) is 5.75 Å². The van der Waals surface area contributed by atoms with Crippen LogP contribution in [0.3, 0.4) is 0 Å². The van der Waals surface area contributed by atoms with Crippen LogP contribution in [-0.4, -0.2) is 24.5 Å². The SMILES string of the molecule is COc1ccc(Cl)cc1C(=O)CC(=O)C1CCc2ccccc2C1=O. The van der Waals surface area contributed by atoms with Crippen LogP contribution in [0.1, 0.15) is 39.1 Å². The second-order valence-electron chi connectivity index (χ2n) is 6.02. The van der Waals surface area contributed by atoms with Crippen LogP contribution in [0, 0.1) is 5.92 Å². The number of methoxy groups -OCH3 is 1. The first-order valence-corrected chi connectivity index (χ1v) is 8.40. The molecule has 0 radical (unpaired) electrons. The molecule has 2 aromatic rings. The third kappa shape index (κ3) is 3.49. The van der Waals surface area contributed by atoms with E-state index in [9.17, 15) is 14.4 Å². The lowest BCUT2D eigenvalue weighted by molar-refractivity contribution is -0.120. The molecule has 0 fully saturated rings. The van der Waals surface area contributed by atoms with Gasteiger partial charge in [-0.1, -0.05) is 35.9 Å². The van der Waals surface area contributed by atoms with Crippen LogP contribution in [-0.2, 0) is 11.2 Å². The Hall–Kier alpha value is -2.46. The lowest BCUT2D eigenvalue weighted by atomic mass is 9.79. The minimum atomic E-state index is -0.760.